The smallest absolute Gasteiger partial charge is 0.164 e. The molecule has 0 atom stereocenters. The van der Waals surface area contributed by atoms with Crippen molar-refractivity contribution in [2.45, 2.75) is 0 Å². The number of aromatic nitrogens is 6. The van der Waals surface area contributed by atoms with Crippen molar-refractivity contribution in [3.63, 3.8) is 0 Å². The Balaban J connectivity index is 0.000000148. The van der Waals surface area contributed by atoms with Crippen molar-refractivity contribution in [3.8, 4) is 135 Å². The summed E-state index contributed by atoms with van der Waals surface area (Å²) in [6.45, 7) is 0. The molecule has 0 unspecified atom stereocenters. The fourth-order valence-electron chi connectivity index (χ4n) is 15.7. The molecule has 0 fully saturated rings. The zero-order valence-electron chi connectivity index (χ0n) is 59.5. The summed E-state index contributed by atoms with van der Waals surface area (Å²) < 4.78 is 4.89. The molecule has 21 rings (SSSR count). The molecule has 6 nitrogen and oxygen atoms in total. The lowest BCUT2D eigenvalue weighted by atomic mass is 9.86. The van der Waals surface area contributed by atoms with Gasteiger partial charge in [0.1, 0.15) is 0 Å². The van der Waals surface area contributed by atoms with Crippen molar-refractivity contribution in [2.75, 3.05) is 0 Å². The highest BCUT2D eigenvalue weighted by atomic mass is 32.1. The highest BCUT2D eigenvalue weighted by Gasteiger charge is 2.23. The number of rotatable bonds is 12. The Morgan fingerprint density at radius 3 is 0.864 bits per heavy atom. The zero-order chi connectivity index (χ0) is 72.9. The Morgan fingerprint density at radius 1 is 0.136 bits per heavy atom. The Labute approximate surface area is 644 Å². The van der Waals surface area contributed by atoms with Crippen LogP contribution in [-0.2, 0) is 0 Å². The molecule has 0 amide bonds. The van der Waals surface area contributed by atoms with Crippen molar-refractivity contribution in [1.82, 2.24) is 29.9 Å². The molecule has 4 heterocycles. The summed E-state index contributed by atoms with van der Waals surface area (Å²) in [5.41, 5.74) is 19.8. The van der Waals surface area contributed by atoms with E-state index in [9.17, 15) is 0 Å². The van der Waals surface area contributed by atoms with Gasteiger partial charge in [0.25, 0.3) is 0 Å². The molecule has 0 spiro atoms. The lowest BCUT2D eigenvalue weighted by Crippen LogP contribution is -2.00. The van der Waals surface area contributed by atoms with Crippen LogP contribution in [0.3, 0.4) is 0 Å². The van der Waals surface area contributed by atoms with Gasteiger partial charge in [0.2, 0.25) is 0 Å². The van der Waals surface area contributed by atoms with E-state index in [2.05, 4.69) is 291 Å². The quantitative estimate of drug-likeness (QED) is 0.113. The molecule has 0 aliphatic heterocycles. The van der Waals surface area contributed by atoms with E-state index in [4.69, 9.17) is 29.9 Å². The Morgan fingerprint density at radius 2 is 0.418 bits per heavy atom. The SMILES string of the molecule is c1ccc(-c2cccc(-c3cccc(-c4cc(-c5nc(-c6ccccc6)nc(-c6ccccc6)n5)cc5sc6ccccc6c45)c3)c2)cc1.c1ccc(-c2nc(-c3ccccc3)nc(-c3cc(-c4ccccc4-c4ccccc4-c4ccc5c6ccccc6c6ccccc6c5c4)c4c(c3)sc3ccccc34)n2)cc1. The second kappa shape index (κ2) is 28.4. The largest absolute Gasteiger partial charge is 0.208 e. The molecule has 0 radical (unpaired) electrons. The van der Waals surface area contributed by atoms with Gasteiger partial charge < -0.3 is 0 Å². The summed E-state index contributed by atoms with van der Waals surface area (Å²) in [4.78, 5) is 30.4. The molecule has 17 aromatic carbocycles. The minimum Gasteiger partial charge on any atom is -0.208 e. The van der Waals surface area contributed by atoms with Gasteiger partial charge in [-0.3, -0.25) is 0 Å². The van der Waals surface area contributed by atoms with Crippen LogP contribution in [-0.4, -0.2) is 29.9 Å². The fourth-order valence-corrected chi connectivity index (χ4v) is 18.0. The molecule has 110 heavy (non-hydrogen) atoms. The third kappa shape index (κ3) is 12.3. The third-order valence-corrected chi connectivity index (χ3v) is 23.1. The number of hydrogen-bond donors (Lipinski definition) is 0. The van der Waals surface area contributed by atoms with Gasteiger partial charge in [-0.25, -0.2) is 29.9 Å². The Bertz CT molecular complexity index is 6930. The average molecular weight is 1440 g/mol. The van der Waals surface area contributed by atoms with Crippen LogP contribution >= 0.6 is 22.7 Å². The van der Waals surface area contributed by atoms with Gasteiger partial charge in [-0.15, -0.1) is 22.7 Å². The molecule has 8 heteroatoms. The van der Waals surface area contributed by atoms with Crippen molar-refractivity contribution in [1.29, 1.82) is 0 Å². The predicted molar refractivity (Wildman–Crippen MR) is 463 cm³/mol. The van der Waals surface area contributed by atoms with Crippen LogP contribution in [0.5, 0.6) is 0 Å². The second-order valence-electron chi connectivity index (χ2n) is 27.5. The summed E-state index contributed by atoms with van der Waals surface area (Å²) >= 11 is 3.62. The van der Waals surface area contributed by atoms with E-state index in [0.29, 0.717) is 34.9 Å². The highest BCUT2D eigenvalue weighted by Crippen LogP contribution is 2.49. The molecule has 0 bridgehead atoms. The number of thiophene rings is 2. The van der Waals surface area contributed by atoms with E-state index in [0.717, 1.165) is 55.6 Å². The number of nitrogens with zero attached hydrogens (tertiary/aromatic N) is 6. The Kier molecular flexibility index (Phi) is 16.9. The first kappa shape index (κ1) is 65.5. The highest BCUT2D eigenvalue weighted by molar-refractivity contribution is 7.26. The van der Waals surface area contributed by atoms with Crippen LogP contribution in [0.1, 0.15) is 0 Å². The average Bonchev–Trinajstić information content (AvgIpc) is 1.34. The molecule has 0 N–H and O–H groups in total. The van der Waals surface area contributed by atoms with Crippen LogP contribution in [0.15, 0.2) is 388 Å². The molecule has 0 aliphatic carbocycles. The van der Waals surface area contributed by atoms with Gasteiger partial charge in [-0.2, -0.15) is 0 Å². The van der Waals surface area contributed by atoms with Crippen LogP contribution in [0.2, 0.25) is 0 Å². The first-order chi connectivity index (χ1) is 54.5. The second-order valence-corrected chi connectivity index (χ2v) is 29.7. The normalized spacial score (nSPS) is 11.5. The maximum absolute atomic E-state index is 5.18. The van der Waals surface area contributed by atoms with E-state index in [1.165, 1.54) is 117 Å². The van der Waals surface area contributed by atoms with Gasteiger partial charge in [0.15, 0.2) is 34.9 Å². The topological polar surface area (TPSA) is 77.3 Å². The molecule has 0 aliphatic rings. The fraction of sp³-hybridized carbons (Fsp3) is 0. The third-order valence-electron chi connectivity index (χ3n) is 20.8. The summed E-state index contributed by atoms with van der Waals surface area (Å²) in [6, 6.07) is 138. The van der Waals surface area contributed by atoms with E-state index in [1.54, 1.807) is 0 Å². The van der Waals surface area contributed by atoms with E-state index >= 15 is 0 Å². The van der Waals surface area contributed by atoms with E-state index in [1.807, 2.05) is 120 Å². The van der Waals surface area contributed by atoms with Crippen LogP contribution in [0.25, 0.3) is 208 Å². The standard InChI is InChI=1S/C57H35N3S.C45H29N3S/c1-3-17-36(18-4-1)55-58-56(37-19-5-2-6-20-37)60-57(59-55)39-34-51(54-49-29-15-16-30-52(49)61-53(54)35-39)47-28-14-12-23-42(47)41-22-8-7-21-40(41)38-31-32-48-45-26-10-9-24-43(45)44-25-11-13-27-46(44)50(48)33-38;1-4-14-30(15-5-1)33-20-12-21-34(26-33)35-22-13-23-36(27-35)39-28-37(29-41-42(39)38-24-10-11-25-40(38)49-41)45-47-43(31-16-6-2-7-17-31)46-44(48-45)32-18-8-3-9-19-32/h1-35H;1-29H. The van der Waals surface area contributed by atoms with Crippen LogP contribution in [0.4, 0.5) is 0 Å². The maximum Gasteiger partial charge on any atom is 0.164 e. The Hall–Kier alpha value is -14.0. The summed E-state index contributed by atoms with van der Waals surface area (Å²) in [5.74, 6) is 3.90. The molecular formula is C102H64N6S2. The molecule has 0 saturated carbocycles. The summed E-state index contributed by atoms with van der Waals surface area (Å²) in [5, 5.41) is 12.6. The summed E-state index contributed by atoms with van der Waals surface area (Å²) in [7, 11) is 0. The number of fused-ring (bicyclic) bond motifs is 12. The molecule has 514 valence electrons. The van der Waals surface area contributed by atoms with Gasteiger partial charge >= 0.3 is 0 Å². The monoisotopic (exact) mass is 1440 g/mol. The van der Waals surface area contributed by atoms with Crippen molar-refractivity contribution in [3.05, 3.63) is 388 Å². The van der Waals surface area contributed by atoms with Crippen molar-refractivity contribution < 1.29 is 0 Å². The minimum atomic E-state index is 0.641. The van der Waals surface area contributed by atoms with Gasteiger partial charge in [0, 0.05) is 73.7 Å². The first-order valence-corrected chi connectivity index (χ1v) is 38.6. The van der Waals surface area contributed by atoms with Crippen molar-refractivity contribution in [2.24, 2.45) is 0 Å². The van der Waals surface area contributed by atoms with Gasteiger partial charge in [-0.05, 0) is 154 Å². The maximum atomic E-state index is 5.18. The number of hydrogen-bond acceptors (Lipinski definition) is 8. The van der Waals surface area contributed by atoms with Crippen LogP contribution in [0, 0.1) is 0 Å². The molecule has 4 aromatic heterocycles. The first-order valence-electron chi connectivity index (χ1n) is 37.0. The van der Waals surface area contributed by atoms with Gasteiger partial charge in [0.05, 0.1) is 0 Å². The summed E-state index contributed by atoms with van der Waals surface area (Å²) in [6.07, 6.45) is 0. The lowest BCUT2D eigenvalue weighted by molar-refractivity contribution is 1.07. The zero-order valence-corrected chi connectivity index (χ0v) is 61.1. The van der Waals surface area contributed by atoms with Gasteiger partial charge in [-0.1, -0.05) is 334 Å². The van der Waals surface area contributed by atoms with E-state index < -0.39 is 0 Å². The van der Waals surface area contributed by atoms with Crippen LogP contribution < -0.4 is 0 Å². The minimum absolute atomic E-state index is 0.641. The molecule has 0 saturated heterocycles. The molecular weight excluding hydrogens is 1370 g/mol. The number of benzene rings is 17. The lowest BCUT2D eigenvalue weighted by Gasteiger charge is -2.17. The predicted octanol–water partition coefficient (Wildman–Crippen LogP) is 27.9. The van der Waals surface area contributed by atoms with Crippen molar-refractivity contribution >= 4 is 95.3 Å². The van der Waals surface area contributed by atoms with E-state index in [-0.39, 0.29) is 0 Å². The molecule has 21 aromatic rings.